The Balaban J connectivity index is 1.35. The van der Waals surface area contributed by atoms with Crippen LogP contribution in [0.1, 0.15) is 12.5 Å². The second-order valence-electron chi connectivity index (χ2n) is 6.65. The summed E-state index contributed by atoms with van der Waals surface area (Å²) < 4.78 is 16.1. The van der Waals surface area contributed by atoms with Crippen molar-refractivity contribution in [2.45, 2.75) is 23.8 Å². The minimum absolute atomic E-state index is 0.114. The van der Waals surface area contributed by atoms with Crippen LogP contribution in [0.25, 0.3) is 16.6 Å². The number of carbonyl (C=O) groups excluding carboxylic acids is 1. The lowest BCUT2D eigenvalue weighted by Crippen LogP contribution is -2.32. The molecule has 4 aromatic rings. The summed E-state index contributed by atoms with van der Waals surface area (Å²) in [6.45, 7) is 2.26. The Kier molecular flexibility index (Phi) is 6.14. The molecule has 0 spiro atoms. The largest absolute Gasteiger partial charge is 0.361 e. The lowest BCUT2D eigenvalue weighted by atomic mass is 10.1. The smallest absolute Gasteiger partial charge is 0.233 e. The van der Waals surface area contributed by atoms with E-state index in [1.807, 2.05) is 37.4 Å². The number of nitrogens with one attached hydrogen (secondary N) is 2. The number of thioether (sulfide) groups is 1. The summed E-state index contributed by atoms with van der Waals surface area (Å²) in [5.41, 5.74) is 2.65. The SMILES string of the molecule is CC(Sc1nnnn1-c1ccc(Br)cc1)C(=O)NCCc1c[nH]c2ccc(F)cc12. The molecule has 0 aliphatic rings. The molecule has 0 fully saturated rings. The first-order valence-corrected chi connectivity index (χ1v) is 10.9. The van der Waals surface area contributed by atoms with E-state index in [4.69, 9.17) is 0 Å². The number of H-pyrrole nitrogens is 1. The lowest BCUT2D eigenvalue weighted by molar-refractivity contribution is -0.120. The molecule has 0 aliphatic heterocycles. The molecule has 1 unspecified atom stereocenters. The fraction of sp³-hybridized carbons (Fsp3) is 0.200. The second-order valence-corrected chi connectivity index (χ2v) is 8.88. The van der Waals surface area contributed by atoms with Crippen LogP contribution in [0.15, 0.2) is 58.3 Å². The number of aromatic amines is 1. The van der Waals surface area contributed by atoms with Gasteiger partial charge in [0.15, 0.2) is 0 Å². The highest BCUT2D eigenvalue weighted by Crippen LogP contribution is 2.24. The molecule has 1 atom stereocenters. The van der Waals surface area contributed by atoms with E-state index < -0.39 is 0 Å². The third kappa shape index (κ3) is 4.54. The number of rotatable bonds is 7. The number of halogens is 2. The minimum atomic E-state index is -0.384. The molecule has 30 heavy (non-hydrogen) atoms. The molecule has 1 amide bonds. The van der Waals surface area contributed by atoms with Gasteiger partial charge in [-0.15, -0.1) is 5.10 Å². The molecule has 7 nitrogen and oxygen atoms in total. The predicted molar refractivity (Wildman–Crippen MR) is 117 cm³/mol. The van der Waals surface area contributed by atoms with E-state index >= 15 is 0 Å². The van der Waals surface area contributed by atoms with Gasteiger partial charge in [-0.2, -0.15) is 4.68 Å². The van der Waals surface area contributed by atoms with E-state index in [0.29, 0.717) is 18.1 Å². The Morgan fingerprint density at radius 3 is 2.90 bits per heavy atom. The number of hydrogen-bond donors (Lipinski definition) is 2. The van der Waals surface area contributed by atoms with Crippen LogP contribution in [0.5, 0.6) is 0 Å². The van der Waals surface area contributed by atoms with Crippen LogP contribution in [0.3, 0.4) is 0 Å². The molecule has 2 aromatic carbocycles. The van der Waals surface area contributed by atoms with Crippen molar-refractivity contribution in [1.29, 1.82) is 0 Å². The lowest BCUT2D eigenvalue weighted by Gasteiger charge is -2.11. The maximum atomic E-state index is 13.5. The molecular weight excluding hydrogens is 471 g/mol. The van der Waals surface area contributed by atoms with Gasteiger partial charge in [0, 0.05) is 28.1 Å². The van der Waals surface area contributed by atoms with Gasteiger partial charge in [0.05, 0.1) is 10.9 Å². The highest BCUT2D eigenvalue weighted by Gasteiger charge is 2.19. The van der Waals surface area contributed by atoms with Crippen molar-refractivity contribution in [1.82, 2.24) is 30.5 Å². The van der Waals surface area contributed by atoms with Crippen molar-refractivity contribution in [3.05, 3.63) is 64.5 Å². The number of benzene rings is 2. The van der Waals surface area contributed by atoms with E-state index in [9.17, 15) is 9.18 Å². The van der Waals surface area contributed by atoms with Gasteiger partial charge in [-0.3, -0.25) is 4.79 Å². The van der Waals surface area contributed by atoms with Gasteiger partial charge in [0.1, 0.15) is 5.82 Å². The summed E-state index contributed by atoms with van der Waals surface area (Å²) in [6, 6.07) is 12.2. The first-order chi connectivity index (χ1) is 14.5. The molecule has 4 rings (SSSR count). The Hall–Kier alpha value is -2.72. The number of fused-ring (bicyclic) bond motifs is 1. The molecule has 10 heteroatoms. The van der Waals surface area contributed by atoms with Gasteiger partial charge < -0.3 is 10.3 Å². The summed E-state index contributed by atoms with van der Waals surface area (Å²) in [5.74, 6) is -0.391. The van der Waals surface area contributed by atoms with Gasteiger partial charge in [-0.05, 0) is 71.8 Å². The topological polar surface area (TPSA) is 88.5 Å². The summed E-state index contributed by atoms with van der Waals surface area (Å²) in [6.07, 6.45) is 2.45. The number of nitrogens with zero attached hydrogens (tertiary/aromatic N) is 4. The van der Waals surface area contributed by atoms with Crippen molar-refractivity contribution in [2.75, 3.05) is 6.54 Å². The zero-order valence-electron chi connectivity index (χ0n) is 16.0. The standard InChI is InChI=1S/C20H18BrFN6OS/c1-12(30-20-25-26-27-28(20)16-5-2-14(21)3-6-16)19(29)23-9-8-13-11-24-18-7-4-15(22)10-17(13)18/h2-7,10-12,24H,8-9H2,1H3,(H,23,29). The predicted octanol–water partition coefficient (Wildman–Crippen LogP) is 3.88. The number of aromatic nitrogens is 5. The van der Waals surface area contributed by atoms with Crippen molar-refractivity contribution in [3.63, 3.8) is 0 Å². The van der Waals surface area contributed by atoms with Crippen LogP contribution < -0.4 is 5.32 Å². The summed E-state index contributed by atoms with van der Waals surface area (Å²) in [4.78, 5) is 15.6. The van der Waals surface area contributed by atoms with Crippen LogP contribution in [-0.4, -0.2) is 42.9 Å². The minimum Gasteiger partial charge on any atom is -0.361 e. The average molecular weight is 489 g/mol. The maximum Gasteiger partial charge on any atom is 0.233 e. The van der Waals surface area contributed by atoms with E-state index in [1.165, 1.54) is 23.9 Å². The monoisotopic (exact) mass is 488 g/mol. The Morgan fingerprint density at radius 1 is 1.30 bits per heavy atom. The van der Waals surface area contributed by atoms with Crippen LogP contribution in [0, 0.1) is 5.82 Å². The van der Waals surface area contributed by atoms with Crippen LogP contribution in [0.4, 0.5) is 4.39 Å². The molecule has 0 saturated carbocycles. The Morgan fingerprint density at radius 2 is 2.10 bits per heavy atom. The number of amides is 1. The van der Waals surface area contributed by atoms with Crippen molar-refractivity contribution in [2.24, 2.45) is 0 Å². The molecule has 154 valence electrons. The summed E-state index contributed by atoms with van der Waals surface area (Å²) in [7, 11) is 0. The van der Waals surface area contributed by atoms with Crippen molar-refractivity contribution >= 4 is 44.5 Å². The third-order valence-electron chi connectivity index (χ3n) is 4.59. The molecule has 2 N–H and O–H groups in total. The molecule has 0 radical (unpaired) electrons. The molecule has 0 bridgehead atoms. The van der Waals surface area contributed by atoms with Crippen LogP contribution in [-0.2, 0) is 11.2 Å². The fourth-order valence-corrected chi connectivity index (χ4v) is 4.13. The van der Waals surface area contributed by atoms with Gasteiger partial charge in [0.25, 0.3) is 0 Å². The molecular formula is C20H18BrFN6OS. The van der Waals surface area contributed by atoms with Crippen LogP contribution in [0.2, 0.25) is 0 Å². The normalized spacial score (nSPS) is 12.2. The van der Waals surface area contributed by atoms with Gasteiger partial charge in [-0.25, -0.2) is 4.39 Å². The Labute approximate surface area is 184 Å². The van der Waals surface area contributed by atoms with E-state index in [2.05, 4.69) is 41.8 Å². The summed E-state index contributed by atoms with van der Waals surface area (Å²) >= 11 is 4.69. The fourth-order valence-electron chi connectivity index (χ4n) is 3.03. The first kappa shape index (κ1) is 20.5. The highest BCUT2D eigenvalue weighted by atomic mass is 79.9. The van der Waals surface area contributed by atoms with E-state index in [-0.39, 0.29) is 17.0 Å². The van der Waals surface area contributed by atoms with Crippen molar-refractivity contribution in [3.8, 4) is 5.69 Å². The number of hydrogen-bond acceptors (Lipinski definition) is 5. The number of carbonyl (C=O) groups is 1. The quantitative estimate of drug-likeness (QED) is 0.385. The van der Waals surface area contributed by atoms with Gasteiger partial charge in [-0.1, -0.05) is 27.7 Å². The van der Waals surface area contributed by atoms with Crippen molar-refractivity contribution < 1.29 is 9.18 Å². The van der Waals surface area contributed by atoms with E-state index in [0.717, 1.165) is 26.6 Å². The zero-order chi connectivity index (χ0) is 21.1. The van der Waals surface area contributed by atoms with E-state index in [1.54, 1.807) is 10.7 Å². The van der Waals surface area contributed by atoms with Crippen LogP contribution >= 0.6 is 27.7 Å². The molecule has 0 saturated heterocycles. The van der Waals surface area contributed by atoms with Gasteiger partial charge >= 0.3 is 0 Å². The molecule has 2 aromatic heterocycles. The highest BCUT2D eigenvalue weighted by molar-refractivity contribution is 9.10. The molecule has 2 heterocycles. The average Bonchev–Trinajstić information content (AvgIpc) is 3.35. The second kappa shape index (κ2) is 8.97. The van der Waals surface area contributed by atoms with Gasteiger partial charge in [0.2, 0.25) is 11.1 Å². The first-order valence-electron chi connectivity index (χ1n) is 9.25. The zero-order valence-corrected chi connectivity index (χ0v) is 18.4. The maximum absolute atomic E-state index is 13.5. The number of tetrazole rings is 1. The molecule has 0 aliphatic carbocycles. The summed E-state index contributed by atoms with van der Waals surface area (Å²) in [5, 5.41) is 15.7. The third-order valence-corrected chi connectivity index (χ3v) is 6.15. The Bertz CT molecular complexity index is 1180.